The van der Waals surface area contributed by atoms with Gasteiger partial charge in [0.25, 0.3) is 0 Å². The maximum absolute atomic E-state index is 12.6. The SMILES string of the molecule is CC(NC(=O)C(C)(C)c1ccc(N)cc1)c1ccccc1. The lowest BCUT2D eigenvalue weighted by Gasteiger charge is -2.27. The third kappa shape index (κ3) is 3.43. The summed E-state index contributed by atoms with van der Waals surface area (Å²) in [6, 6.07) is 17.4. The molecule has 21 heavy (non-hydrogen) atoms. The summed E-state index contributed by atoms with van der Waals surface area (Å²) in [7, 11) is 0. The molecule has 0 aliphatic carbocycles. The normalized spacial score (nSPS) is 12.7. The first-order valence-electron chi connectivity index (χ1n) is 7.13. The molecule has 0 aromatic heterocycles. The van der Waals surface area contributed by atoms with E-state index in [1.807, 2.05) is 75.4 Å². The zero-order valence-corrected chi connectivity index (χ0v) is 12.8. The Morgan fingerprint density at radius 2 is 1.62 bits per heavy atom. The number of carbonyl (C=O) groups is 1. The summed E-state index contributed by atoms with van der Waals surface area (Å²) in [5, 5.41) is 3.08. The van der Waals surface area contributed by atoms with Crippen LogP contribution in [-0.2, 0) is 10.2 Å². The second-order valence-electron chi connectivity index (χ2n) is 5.85. The molecule has 2 aromatic rings. The Balaban J connectivity index is 2.13. The van der Waals surface area contributed by atoms with Crippen molar-refractivity contribution in [3.63, 3.8) is 0 Å². The largest absolute Gasteiger partial charge is 0.399 e. The van der Waals surface area contributed by atoms with Gasteiger partial charge in [-0.05, 0) is 44.0 Å². The number of hydrogen-bond donors (Lipinski definition) is 2. The first-order chi connectivity index (χ1) is 9.91. The van der Waals surface area contributed by atoms with Crippen molar-refractivity contribution < 1.29 is 4.79 Å². The lowest BCUT2D eigenvalue weighted by Crippen LogP contribution is -2.41. The number of rotatable bonds is 4. The van der Waals surface area contributed by atoms with Gasteiger partial charge in [-0.25, -0.2) is 0 Å². The minimum absolute atomic E-state index is 0.00336. The van der Waals surface area contributed by atoms with E-state index in [9.17, 15) is 4.79 Å². The van der Waals surface area contributed by atoms with Crippen molar-refractivity contribution in [1.82, 2.24) is 5.32 Å². The number of nitrogens with one attached hydrogen (secondary N) is 1. The Morgan fingerprint density at radius 3 is 2.19 bits per heavy atom. The number of benzene rings is 2. The van der Waals surface area contributed by atoms with E-state index in [1.54, 1.807) is 0 Å². The summed E-state index contributed by atoms with van der Waals surface area (Å²) in [6.07, 6.45) is 0. The summed E-state index contributed by atoms with van der Waals surface area (Å²) in [5.41, 5.74) is 7.85. The Hall–Kier alpha value is -2.29. The van der Waals surface area contributed by atoms with Crippen LogP contribution in [0.25, 0.3) is 0 Å². The van der Waals surface area contributed by atoms with E-state index >= 15 is 0 Å². The maximum atomic E-state index is 12.6. The minimum atomic E-state index is -0.600. The second kappa shape index (κ2) is 6.00. The highest BCUT2D eigenvalue weighted by Crippen LogP contribution is 2.25. The van der Waals surface area contributed by atoms with Gasteiger partial charge in [0.2, 0.25) is 5.91 Å². The van der Waals surface area contributed by atoms with Gasteiger partial charge in [-0.2, -0.15) is 0 Å². The molecule has 0 radical (unpaired) electrons. The minimum Gasteiger partial charge on any atom is -0.399 e. The molecule has 0 heterocycles. The third-order valence-corrected chi connectivity index (χ3v) is 3.85. The number of hydrogen-bond acceptors (Lipinski definition) is 2. The third-order valence-electron chi connectivity index (χ3n) is 3.85. The highest BCUT2D eigenvalue weighted by atomic mass is 16.2. The number of anilines is 1. The number of nitrogens with two attached hydrogens (primary N) is 1. The van der Waals surface area contributed by atoms with Crippen molar-refractivity contribution in [3.8, 4) is 0 Å². The molecule has 0 aliphatic rings. The molecule has 0 bridgehead atoms. The fraction of sp³-hybridized carbons (Fsp3) is 0.278. The molecule has 3 heteroatoms. The zero-order chi connectivity index (χ0) is 15.5. The van der Waals surface area contributed by atoms with Crippen LogP contribution < -0.4 is 11.1 Å². The van der Waals surface area contributed by atoms with Crippen LogP contribution in [0, 0.1) is 0 Å². The van der Waals surface area contributed by atoms with Crippen molar-refractivity contribution in [2.24, 2.45) is 0 Å². The van der Waals surface area contributed by atoms with E-state index < -0.39 is 5.41 Å². The highest BCUT2D eigenvalue weighted by Gasteiger charge is 2.30. The van der Waals surface area contributed by atoms with Gasteiger partial charge in [0.15, 0.2) is 0 Å². The molecule has 1 atom stereocenters. The Labute approximate surface area is 126 Å². The van der Waals surface area contributed by atoms with Gasteiger partial charge in [0.1, 0.15) is 0 Å². The fourth-order valence-electron chi connectivity index (χ4n) is 2.23. The number of amides is 1. The van der Waals surface area contributed by atoms with Gasteiger partial charge in [-0.3, -0.25) is 4.79 Å². The molecule has 1 unspecified atom stereocenters. The van der Waals surface area contributed by atoms with Crippen LogP contribution in [0.1, 0.15) is 37.9 Å². The standard InChI is InChI=1S/C18H22N2O/c1-13(14-7-5-4-6-8-14)20-17(21)18(2,3)15-9-11-16(19)12-10-15/h4-13H,19H2,1-3H3,(H,20,21). The van der Waals surface area contributed by atoms with Gasteiger partial charge in [-0.1, -0.05) is 42.5 Å². The molecular weight excluding hydrogens is 260 g/mol. The monoisotopic (exact) mass is 282 g/mol. The van der Waals surface area contributed by atoms with Gasteiger partial charge < -0.3 is 11.1 Å². The van der Waals surface area contributed by atoms with Gasteiger partial charge >= 0.3 is 0 Å². The van der Waals surface area contributed by atoms with Crippen LogP contribution in [0.4, 0.5) is 5.69 Å². The van der Waals surface area contributed by atoms with Crippen molar-refractivity contribution in [3.05, 3.63) is 65.7 Å². The van der Waals surface area contributed by atoms with Crippen LogP contribution >= 0.6 is 0 Å². The van der Waals surface area contributed by atoms with Gasteiger partial charge in [0, 0.05) is 5.69 Å². The molecular formula is C18H22N2O. The summed E-state index contributed by atoms with van der Waals surface area (Å²) in [6.45, 7) is 5.84. The topological polar surface area (TPSA) is 55.1 Å². The average molecular weight is 282 g/mol. The van der Waals surface area contributed by atoms with Crippen LogP contribution in [0.3, 0.4) is 0 Å². The van der Waals surface area contributed by atoms with E-state index in [2.05, 4.69) is 5.32 Å². The molecule has 3 N–H and O–H groups in total. The van der Waals surface area contributed by atoms with Crippen LogP contribution in [0.5, 0.6) is 0 Å². The first-order valence-corrected chi connectivity index (χ1v) is 7.13. The summed E-state index contributed by atoms with van der Waals surface area (Å²) in [4.78, 5) is 12.6. The lowest BCUT2D eigenvalue weighted by atomic mass is 9.83. The number of nitrogen functional groups attached to an aromatic ring is 1. The highest BCUT2D eigenvalue weighted by molar-refractivity contribution is 5.87. The molecule has 2 rings (SSSR count). The van der Waals surface area contributed by atoms with E-state index in [0.29, 0.717) is 5.69 Å². The van der Waals surface area contributed by atoms with E-state index in [0.717, 1.165) is 11.1 Å². The molecule has 0 aliphatic heterocycles. The summed E-state index contributed by atoms with van der Waals surface area (Å²) in [5.74, 6) is 0.00336. The second-order valence-corrected chi connectivity index (χ2v) is 5.85. The average Bonchev–Trinajstić information content (AvgIpc) is 2.48. The van der Waals surface area contributed by atoms with E-state index in [4.69, 9.17) is 5.73 Å². The predicted octanol–water partition coefficient (Wildman–Crippen LogP) is 3.42. The van der Waals surface area contributed by atoms with Crippen LogP contribution in [0.2, 0.25) is 0 Å². The Bertz CT molecular complexity index is 603. The first kappa shape index (κ1) is 15.1. The molecule has 2 aromatic carbocycles. The quantitative estimate of drug-likeness (QED) is 0.844. The zero-order valence-electron chi connectivity index (χ0n) is 12.8. The fourth-order valence-corrected chi connectivity index (χ4v) is 2.23. The van der Waals surface area contributed by atoms with E-state index in [1.165, 1.54) is 0 Å². The molecule has 110 valence electrons. The predicted molar refractivity (Wildman–Crippen MR) is 86.9 cm³/mol. The van der Waals surface area contributed by atoms with Crippen molar-refractivity contribution in [1.29, 1.82) is 0 Å². The summed E-state index contributed by atoms with van der Waals surface area (Å²) >= 11 is 0. The summed E-state index contributed by atoms with van der Waals surface area (Å²) < 4.78 is 0. The van der Waals surface area contributed by atoms with Crippen molar-refractivity contribution in [2.45, 2.75) is 32.2 Å². The molecule has 0 fully saturated rings. The molecule has 0 saturated heterocycles. The Morgan fingerprint density at radius 1 is 1.05 bits per heavy atom. The molecule has 3 nitrogen and oxygen atoms in total. The van der Waals surface area contributed by atoms with Gasteiger partial charge in [0.05, 0.1) is 11.5 Å². The molecule has 0 saturated carbocycles. The maximum Gasteiger partial charge on any atom is 0.230 e. The molecule has 1 amide bonds. The lowest BCUT2D eigenvalue weighted by molar-refractivity contribution is -0.126. The van der Waals surface area contributed by atoms with Crippen molar-refractivity contribution >= 4 is 11.6 Å². The molecule has 0 spiro atoms. The Kier molecular flexibility index (Phi) is 4.32. The van der Waals surface area contributed by atoms with Crippen molar-refractivity contribution in [2.75, 3.05) is 5.73 Å². The number of carbonyl (C=O) groups excluding carboxylic acids is 1. The van der Waals surface area contributed by atoms with Gasteiger partial charge in [-0.15, -0.1) is 0 Å². The van der Waals surface area contributed by atoms with Crippen LogP contribution in [-0.4, -0.2) is 5.91 Å². The van der Waals surface area contributed by atoms with E-state index in [-0.39, 0.29) is 11.9 Å². The van der Waals surface area contributed by atoms with Crippen LogP contribution in [0.15, 0.2) is 54.6 Å². The smallest absolute Gasteiger partial charge is 0.230 e.